The number of carbonyl (C=O) groups excluding carboxylic acids is 3. The highest BCUT2D eigenvalue weighted by molar-refractivity contribution is 6.31. The third-order valence-corrected chi connectivity index (χ3v) is 5.22. The molecule has 0 aliphatic rings. The SMILES string of the molecule is CCC(C)(C)NC(=O)CN(C(=O)CCC(=O)Nc1cc(C)ccn1)c1ccc(F)c(Cl)c1. The molecule has 0 aliphatic carbocycles. The molecule has 1 aromatic heterocycles. The van der Waals surface area contributed by atoms with Gasteiger partial charge in [-0.2, -0.15) is 0 Å². The summed E-state index contributed by atoms with van der Waals surface area (Å²) in [7, 11) is 0. The molecule has 0 radical (unpaired) electrons. The Morgan fingerprint density at radius 3 is 2.47 bits per heavy atom. The Bertz CT molecular complexity index is 997. The van der Waals surface area contributed by atoms with Gasteiger partial charge in [-0.25, -0.2) is 9.37 Å². The largest absolute Gasteiger partial charge is 0.350 e. The van der Waals surface area contributed by atoms with Gasteiger partial charge in [0, 0.05) is 30.3 Å². The van der Waals surface area contributed by atoms with Crippen LogP contribution < -0.4 is 15.5 Å². The molecule has 0 saturated heterocycles. The van der Waals surface area contributed by atoms with Crippen molar-refractivity contribution >= 4 is 40.8 Å². The number of hydrogen-bond donors (Lipinski definition) is 2. The molecular weight excluding hydrogens is 435 g/mol. The molecule has 0 spiro atoms. The van der Waals surface area contributed by atoms with Crippen LogP contribution in [0.3, 0.4) is 0 Å². The van der Waals surface area contributed by atoms with Gasteiger partial charge in [0.1, 0.15) is 18.2 Å². The normalized spacial score (nSPS) is 11.1. The molecule has 0 unspecified atom stereocenters. The average molecular weight is 463 g/mol. The number of benzene rings is 1. The van der Waals surface area contributed by atoms with E-state index in [4.69, 9.17) is 11.6 Å². The number of rotatable bonds is 9. The molecule has 2 N–H and O–H groups in total. The molecule has 0 aliphatic heterocycles. The van der Waals surface area contributed by atoms with E-state index in [1.54, 1.807) is 18.3 Å². The average Bonchev–Trinajstić information content (AvgIpc) is 2.72. The van der Waals surface area contributed by atoms with Gasteiger partial charge in [-0.3, -0.25) is 14.4 Å². The van der Waals surface area contributed by atoms with Crippen molar-refractivity contribution < 1.29 is 18.8 Å². The van der Waals surface area contributed by atoms with E-state index in [-0.39, 0.29) is 41.9 Å². The second kappa shape index (κ2) is 11.0. The second-order valence-corrected chi connectivity index (χ2v) is 8.54. The molecule has 1 heterocycles. The quantitative estimate of drug-likeness (QED) is 0.583. The summed E-state index contributed by atoms with van der Waals surface area (Å²) >= 11 is 5.87. The number of aromatic nitrogens is 1. The van der Waals surface area contributed by atoms with Crippen LogP contribution in [0.25, 0.3) is 0 Å². The van der Waals surface area contributed by atoms with Gasteiger partial charge in [-0.15, -0.1) is 0 Å². The number of pyridine rings is 1. The first-order valence-electron chi connectivity index (χ1n) is 10.3. The van der Waals surface area contributed by atoms with Gasteiger partial charge >= 0.3 is 0 Å². The van der Waals surface area contributed by atoms with E-state index in [9.17, 15) is 18.8 Å². The summed E-state index contributed by atoms with van der Waals surface area (Å²) < 4.78 is 13.6. The van der Waals surface area contributed by atoms with Gasteiger partial charge in [0.05, 0.1) is 5.02 Å². The van der Waals surface area contributed by atoms with Gasteiger partial charge in [0.15, 0.2) is 0 Å². The summed E-state index contributed by atoms with van der Waals surface area (Å²) in [6, 6.07) is 7.29. The Morgan fingerprint density at radius 1 is 1.12 bits per heavy atom. The molecule has 32 heavy (non-hydrogen) atoms. The highest BCUT2D eigenvalue weighted by atomic mass is 35.5. The fourth-order valence-electron chi connectivity index (χ4n) is 2.79. The van der Waals surface area contributed by atoms with Gasteiger partial charge in [0.25, 0.3) is 0 Å². The monoisotopic (exact) mass is 462 g/mol. The van der Waals surface area contributed by atoms with E-state index in [2.05, 4.69) is 15.6 Å². The van der Waals surface area contributed by atoms with E-state index in [0.29, 0.717) is 12.2 Å². The van der Waals surface area contributed by atoms with Crippen LogP contribution in [0.5, 0.6) is 0 Å². The maximum absolute atomic E-state index is 13.6. The Kier molecular flexibility index (Phi) is 8.72. The van der Waals surface area contributed by atoms with Gasteiger partial charge < -0.3 is 15.5 Å². The van der Waals surface area contributed by atoms with Crippen molar-refractivity contribution in [1.29, 1.82) is 0 Å². The predicted octanol–water partition coefficient (Wildman–Crippen LogP) is 4.24. The molecule has 9 heteroatoms. The van der Waals surface area contributed by atoms with Crippen LogP contribution >= 0.6 is 11.6 Å². The molecule has 3 amide bonds. The van der Waals surface area contributed by atoms with Gasteiger partial charge in [0.2, 0.25) is 17.7 Å². The van der Waals surface area contributed by atoms with E-state index in [1.165, 1.54) is 17.0 Å². The van der Waals surface area contributed by atoms with Gasteiger partial charge in [-0.05, 0) is 63.1 Å². The van der Waals surface area contributed by atoms with Crippen molar-refractivity contribution in [3.8, 4) is 0 Å². The smallest absolute Gasteiger partial charge is 0.240 e. The molecule has 172 valence electrons. The first kappa shape index (κ1) is 25.3. The second-order valence-electron chi connectivity index (χ2n) is 8.13. The molecule has 2 rings (SSSR count). The topological polar surface area (TPSA) is 91.4 Å². The number of anilines is 2. The van der Waals surface area contributed by atoms with Crippen molar-refractivity contribution in [3.63, 3.8) is 0 Å². The maximum Gasteiger partial charge on any atom is 0.240 e. The first-order valence-corrected chi connectivity index (χ1v) is 10.7. The highest BCUT2D eigenvalue weighted by Crippen LogP contribution is 2.24. The zero-order chi connectivity index (χ0) is 23.9. The number of nitrogens with one attached hydrogen (secondary N) is 2. The van der Waals surface area contributed by atoms with Crippen LogP contribution in [0, 0.1) is 12.7 Å². The first-order chi connectivity index (χ1) is 15.0. The van der Waals surface area contributed by atoms with Crippen molar-refractivity contribution in [1.82, 2.24) is 10.3 Å². The molecule has 7 nitrogen and oxygen atoms in total. The summed E-state index contributed by atoms with van der Waals surface area (Å²) in [5.74, 6) is -1.47. The lowest BCUT2D eigenvalue weighted by Gasteiger charge is -2.28. The van der Waals surface area contributed by atoms with E-state index in [0.717, 1.165) is 11.6 Å². The number of nitrogens with zero attached hydrogens (tertiary/aromatic N) is 2. The summed E-state index contributed by atoms with van der Waals surface area (Å²) in [5.41, 5.74) is 0.755. The Hall–Kier alpha value is -3.00. The van der Waals surface area contributed by atoms with Gasteiger partial charge in [-0.1, -0.05) is 18.5 Å². The van der Waals surface area contributed by atoms with Crippen molar-refractivity contribution in [3.05, 3.63) is 52.9 Å². The minimum atomic E-state index is -0.635. The molecule has 0 atom stereocenters. The van der Waals surface area contributed by atoms with Crippen molar-refractivity contribution in [2.75, 3.05) is 16.8 Å². The van der Waals surface area contributed by atoms with Crippen LogP contribution in [0.1, 0.15) is 45.6 Å². The molecule has 0 bridgehead atoms. The van der Waals surface area contributed by atoms with E-state index in [1.807, 2.05) is 27.7 Å². The lowest BCUT2D eigenvalue weighted by Crippen LogP contribution is -2.48. The lowest BCUT2D eigenvalue weighted by atomic mass is 10.0. The molecule has 0 saturated carbocycles. The fraction of sp³-hybridized carbons (Fsp3) is 0.391. The van der Waals surface area contributed by atoms with Crippen LogP contribution in [-0.2, 0) is 14.4 Å². The highest BCUT2D eigenvalue weighted by Gasteiger charge is 2.24. The summed E-state index contributed by atoms with van der Waals surface area (Å²) in [4.78, 5) is 43.0. The zero-order valence-electron chi connectivity index (χ0n) is 18.7. The summed E-state index contributed by atoms with van der Waals surface area (Å²) in [6.07, 6.45) is 2.01. The Morgan fingerprint density at radius 2 is 1.84 bits per heavy atom. The number of carbonyl (C=O) groups is 3. The summed E-state index contributed by atoms with van der Waals surface area (Å²) in [5, 5.41) is 5.34. The third kappa shape index (κ3) is 7.60. The Labute approximate surface area is 192 Å². The Balaban J connectivity index is 2.11. The number of aryl methyl sites for hydroxylation is 1. The number of halogens is 2. The van der Waals surface area contributed by atoms with E-state index >= 15 is 0 Å². The minimum absolute atomic E-state index is 0.109. The standard InChI is InChI=1S/C23H28ClFN4O3/c1-5-23(3,4)28-21(31)14-29(16-6-7-18(25)17(24)13-16)22(32)9-8-20(30)27-19-12-15(2)10-11-26-19/h6-7,10-13H,5,8-9,14H2,1-4H3,(H,28,31)(H,26,27,30). The maximum atomic E-state index is 13.6. The molecular formula is C23H28ClFN4O3. The van der Waals surface area contributed by atoms with Crippen LogP contribution in [0.15, 0.2) is 36.5 Å². The van der Waals surface area contributed by atoms with Crippen LogP contribution in [0.4, 0.5) is 15.9 Å². The van der Waals surface area contributed by atoms with E-state index < -0.39 is 17.3 Å². The lowest BCUT2D eigenvalue weighted by molar-refractivity contribution is -0.125. The van der Waals surface area contributed by atoms with Crippen LogP contribution in [-0.4, -0.2) is 34.8 Å². The number of amides is 3. The third-order valence-electron chi connectivity index (χ3n) is 4.93. The number of hydrogen-bond acceptors (Lipinski definition) is 4. The van der Waals surface area contributed by atoms with Crippen molar-refractivity contribution in [2.45, 2.75) is 52.5 Å². The van der Waals surface area contributed by atoms with Crippen molar-refractivity contribution in [2.24, 2.45) is 0 Å². The predicted molar refractivity (Wildman–Crippen MR) is 123 cm³/mol. The summed E-state index contributed by atoms with van der Waals surface area (Å²) in [6.45, 7) is 7.26. The van der Waals surface area contributed by atoms with Crippen LogP contribution in [0.2, 0.25) is 5.02 Å². The fourth-order valence-corrected chi connectivity index (χ4v) is 2.97. The zero-order valence-corrected chi connectivity index (χ0v) is 19.4. The minimum Gasteiger partial charge on any atom is -0.350 e. The molecule has 0 fully saturated rings. The molecule has 2 aromatic rings. The molecule has 1 aromatic carbocycles.